The van der Waals surface area contributed by atoms with Crippen LogP contribution in [0.4, 0.5) is 4.48 Å². The summed E-state index contributed by atoms with van der Waals surface area (Å²) >= 11 is 3.57. The molecular formula is C5H8FNO3S. The van der Waals surface area contributed by atoms with Crippen LogP contribution < -0.4 is 0 Å². The van der Waals surface area contributed by atoms with E-state index in [0.29, 0.717) is 0 Å². The molecule has 4 nitrogen and oxygen atoms in total. The Balaban J connectivity index is 4.25. The molecular weight excluding hydrogens is 173 g/mol. The zero-order chi connectivity index (χ0) is 9.02. The Morgan fingerprint density at radius 2 is 2.18 bits per heavy atom. The molecule has 0 saturated carbocycles. The first-order valence-corrected chi connectivity index (χ1v) is 3.43. The van der Waals surface area contributed by atoms with Gasteiger partial charge in [0.1, 0.15) is 0 Å². The Kier molecular flexibility index (Phi) is 3.88. The van der Waals surface area contributed by atoms with Crippen molar-refractivity contribution in [2.24, 2.45) is 0 Å². The number of halogens is 1. The first kappa shape index (κ1) is 10.2. The summed E-state index contributed by atoms with van der Waals surface area (Å²) in [4.78, 5) is 20.5. The van der Waals surface area contributed by atoms with E-state index in [4.69, 9.17) is 5.11 Å². The lowest BCUT2D eigenvalue weighted by molar-refractivity contribution is -0.162. The summed E-state index contributed by atoms with van der Waals surface area (Å²) in [7, 11) is 0. The van der Waals surface area contributed by atoms with Crippen molar-refractivity contribution in [2.75, 3.05) is 5.75 Å². The fourth-order valence-electron chi connectivity index (χ4n) is 0.466. The van der Waals surface area contributed by atoms with E-state index in [9.17, 15) is 14.1 Å². The molecule has 0 aromatic rings. The van der Waals surface area contributed by atoms with Crippen LogP contribution in [0.5, 0.6) is 0 Å². The average Bonchev–Trinajstić information content (AvgIpc) is 1.88. The van der Waals surface area contributed by atoms with Crippen LogP contribution in [0.3, 0.4) is 0 Å². The number of rotatable bonds is 3. The van der Waals surface area contributed by atoms with Gasteiger partial charge in [-0.05, 0) is 0 Å². The molecule has 0 aliphatic rings. The zero-order valence-electron chi connectivity index (χ0n) is 5.82. The van der Waals surface area contributed by atoms with Gasteiger partial charge in [0.2, 0.25) is 5.91 Å². The van der Waals surface area contributed by atoms with Gasteiger partial charge in [-0.1, -0.05) is 4.48 Å². The quantitative estimate of drug-likeness (QED) is 0.479. The monoisotopic (exact) mass is 181 g/mol. The standard InChI is InChI=1S/C5H8FNO3S/c1-3(8)7(6)4(2-11)5(9)10/h4,11H,2H2,1H3,(H,9,10). The summed E-state index contributed by atoms with van der Waals surface area (Å²) < 4.78 is 12.5. The molecule has 0 spiro atoms. The number of hydrogen-bond donors (Lipinski definition) is 2. The van der Waals surface area contributed by atoms with Crippen molar-refractivity contribution in [3.05, 3.63) is 0 Å². The molecule has 0 bridgehead atoms. The van der Waals surface area contributed by atoms with E-state index in [2.05, 4.69) is 12.6 Å². The third-order valence-corrected chi connectivity index (χ3v) is 1.38. The molecule has 0 aromatic carbocycles. The van der Waals surface area contributed by atoms with E-state index in [1.165, 1.54) is 0 Å². The van der Waals surface area contributed by atoms with E-state index >= 15 is 0 Å². The van der Waals surface area contributed by atoms with E-state index in [1.807, 2.05) is 0 Å². The van der Waals surface area contributed by atoms with Crippen LogP contribution in [-0.4, -0.2) is 33.9 Å². The lowest BCUT2D eigenvalue weighted by Crippen LogP contribution is -2.39. The van der Waals surface area contributed by atoms with E-state index in [0.717, 1.165) is 6.92 Å². The van der Waals surface area contributed by atoms with Crippen molar-refractivity contribution >= 4 is 24.5 Å². The molecule has 0 aliphatic carbocycles. The second-order valence-electron chi connectivity index (χ2n) is 1.87. The summed E-state index contributed by atoms with van der Waals surface area (Å²) in [6, 6.07) is -1.49. The van der Waals surface area contributed by atoms with Crippen LogP contribution in [0, 0.1) is 0 Å². The second kappa shape index (κ2) is 4.17. The van der Waals surface area contributed by atoms with Gasteiger partial charge in [-0.25, -0.2) is 4.79 Å². The highest BCUT2D eigenvalue weighted by Gasteiger charge is 2.26. The third-order valence-electron chi connectivity index (χ3n) is 1.03. The van der Waals surface area contributed by atoms with Crippen LogP contribution >= 0.6 is 12.6 Å². The van der Waals surface area contributed by atoms with Crippen molar-refractivity contribution in [1.82, 2.24) is 5.12 Å². The van der Waals surface area contributed by atoms with Crippen molar-refractivity contribution in [1.29, 1.82) is 0 Å². The summed E-state index contributed by atoms with van der Waals surface area (Å²) in [5.41, 5.74) is 0. The molecule has 0 radical (unpaired) electrons. The maximum Gasteiger partial charge on any atom is 0.330 e. The molecule has 1 N–H and O–H groups in total. The number of carbonyl (C=O) groups is 2. The minimum Gasteiger partial charge on any atom is -0.480 e. The molecule has 0 rings (SSSR count). The topological polar surface area (TPSA) is 57.6 Å². The predicted octanol–water partition coefficient (Wildman–Crippen LogP) is 0.102. The van der Waals surface area contributed by atoms with Crippen LogP contribution in [0.1, 0.15) is 6.92 Å². The van der Waals surface area contributed by atoms with Gasteiger partial charge in [-0.2, -0.15) is 17.8 Å². The lowest BCUT2D eigenvalue weighted by Gasteiger charge is -2.15. The molecule has 1 amide bonds. The van der Waals surface area contributed by atoms with Gasteiger partial charge in [0.15, 0.2) is 6.04 Å². The first-order valence-electron chi connectivity index (χ1n) is 2.80. The number of amides is 1. The number of carboxylic acids is 1. The highest BCUT2D eigenvalue weighted by Crippen LogP contribution is 2.02. The SMILES string of the molecule is CC(=O)N(F)C(CS)C(=O)O. The summed E-state index contributed by atoms with van der Waals surface area (Å²) in [6.45, 7) is 0.944. The van der Waals surface area contributed by atoms with E-state index < -0.39 is 17.9 Å². The molecule has 1 atom stereocenters. The van der Waals surface area contributed by atoms with Gasteiger partial charge in [0.25, 0.3) is 0 Å². The molecule has 0 aliphatic heterocycles. The highest BCUT2D eigenvalue weighted by atomic mass is 32.1. The fourth-order valence-corrected chi connectivity index (χ4v) is 0.766. The Bertz CT molecular complexity index is 175. The minimum absolute atomic E-state index is 0.245. The van der Waals surface area contributed by atoms with Gasteiger partial charge in [0, 0.05) is 12.7 Å². The van der Waals surface area contributed by atoms with Crippen LogP contribution in [0.25, 0.3) is 0 Å². The third kappa shape index (κ3) is 2.75. The summed E-state index contributed by atoms with van der Waals surface area (Å²) in [5.74, 6) is -2.59. The molecule has 64 valence electrons. The largest absolute Gasteiger partial charge is 0.480 e. The maximum absolute atomic E-state index is 12.5. The molecule has 0 aromatic heterocycles. The number of nitrogens with zero attached hydrogens (tertiary/aromatic N) is 1. The highest BCUT2D eigenvalue weighted by molar-refractivity contribution is 7.80. The Labute approximate surface area is 68.3 Å². The van der Waals surface area contributed by atoms with Crippen molar-refractivity contribution in [3.63, 3.8) is 0 Å². The van der Waals surface area contributed by atoms with Gasteiger partial charge in [-0.15, -0.1) is 0 Å². The van der Waals surface area contributed by atoms with Crippen LogP contribution in [-0.2, 0) is 9.59 Å². The first-order chi connectivity index (χ1) is 5.00. The molecule has 6 heteroatoms. The Morgan fingerprint density at radius 1 is 1.73 bits per heavy atom. The fraction of sp³-hybridized carbons (Fsp3) is 0.600. The molecule has 11 heavy (non-hydrogen) atoms. The predicted molar refractivity (Wildman–Crippen MR) is 38.9 cm³/mol. The molecule has 1 unspecified atom stereocenters. The lowest BCUT2D eigenvalue weighted by atomic mass is 10.3. The summed E-state index contributed by atoms with van der Waals surface area (Å²) in [6.07, 6.45) is 0. The maximum atomic E-state index is 12.5. The number of carboxylic acid groups (broad SMARTS) is 1. The molecule has 0 saturated heterocycles. The smallest absolute Gasteiger partial charge is 0.330 e. The van der Waals surface area contributed by atoms with Gasteiger partial charge >= 0.3 is 5.97 Å². The number of aliphatic carboxylic acids is 1. The van der Waals surface area contributed by atoms with Crippen molar-refractivity contribution < 1.29 is 19.2 Å². The average molecular weight is 181 g/mol. The van der Waals surface area contributed by atoms with Crippen LogP contribution in [0.15, 0.2) is 0 Å². The minimum atomic E-state index is -1.49. The van der Waals surface area contributed by atoms with Crippen molar-refractivity contribution in [2.45, 2.75) is 13.0 Å². The van der Waals surface area contributed by atoms with E-state index in [-0.39, 0.29) is 10.9 Å². The summed E-state index contributed by atoms with van der Waals surface area (Å²) in [5, 5.41) is 7.96. The van der Waals surface area contributed by atoms with Crippen molar-refractivity contribution in [3.8, 4) is 0 Å². The molecule has 0 heterocycles. The number of thiol groups is 1. The van der Waals surface area contributed by atoms with Crippen LogP contribution in [0.2, 0.25) is 0 Å². The Morgan fingerprint density at radius 3 is 2.27 bits per heavy atom. The van der Waals surface area contributed by atoms with Gasteiger partial charge in [0.05, 0.1) is 0 Å². The molecule has 0 fully saturated rings. The zero-order valence-corrected chi connectivity index (χ0v) is 6.71. The second-order valence-corrected chi connectivity index (χ2v) is 2.23. The van der Waals surface area contributed by atoms with E-state index in [1.54, 1.807) is 0 Å². The number of hydrogen-bond acceptors (Lipinski definition) is 3. The normalized spacial score (nSPS) is 12.3. The van der Waals surface area contributed by atoms with Gasteiger partial charge in [-0.3, -0.25) is 4.79 Å². The number of carbonyl (C=O) groups excluding carboxylic acids is 1. The van der Waals surface area contributed by atoms with Gasteiger partial charge < -0.3 is 5.11 Å². The Hall–Kier alpha value is -0.780.